The Balaban J connectivity index is 1.74. The molecule has 4 N–H and O–H groups in total. The molecule has 1 aromatic heterocycles. The SMILES string of the molecule is CNc1c(N)cc(C(CC(=O)O)c2ccc(C)c(CN3CCOc4ncccc4S3(=O)=O)c2)cc1OC. The van der Waals surface area contributed by atoms with Gasteiger partial charge in [0.05, 0.1) is 24.9 Å². The minimum Gasteiger partial charge on any atom is -0.494 e. The quantitative estimate of drug-likeness (QED) is 0.377. The molecule has 0 amide bonds. The first-order valence-corrected chi connectivity index (χ1v) is 13.1. The van der Waals surface area contributed by atoms with E-state index in [4.69, 9.17) is 15.2 Å². The Labute approximate surface area is 216 Å². The number of carboxylic acid groups (broad SMARTS) is 1. The molecule has 37 heavy (non-hydrogen) atoms. The topological polar surface area (TPSA) is 144 Å². The molecule has 3 aromatic rings. The Morgan fingerprint density at radius 3 is 2.76 bits per heavy atom. The van der Waals surface area contributed by atoms with Crippen LogP contribution < -0.4 is 20.5 Å². The van der Waals surface area contributed by atoms with Gasteiger partial charge in [-0.1, -0.05) is 18.2 Å². The highest BCUT2D eigenvalue weighted by atomic mass is 32.2. The maximum absolute atomic E-state index is 13.4. The van der Waals surface area contributed by atoms with Crippen LogP contribution in [0.5, 0.6) is 11.6 Å². The molecule has 1 unspecified atom stereocenters. The number of fused-ring (bicyclic) bond motifs is 1. The van der Waals surface area contributed by atoms with Crippen LogP contribution in [0, 0.1) is 6.92 Å². The molecule has 0 aliphatic carbocycles. The number of benzene rings is 2. The maximum atomic E-state index is 13.4. The standard InChI is InChI=1S/C26H30N4O6S/c1-16-6-7-17(20(14-24(31)32)18-12-21(27)25(28-2)22(13-18)35-3)11-19(16)15-30-9-10-36-26-23(37(30,33)34)5-4-8-29-26/h4-8,11-13,20,28H,9-10,14-15,27H2,1-3H3,(H,31,32). The van der Waals surface area contributed by atoms with Gasteiger partial charge in [-0.3, -0.25) is 4.79 Å². The van der Waals surface area contributed by atoms with Crippen LogP contribution in [0.1, 0.15) is 34.6 Å². The number of carboxylic acids is 1. The Kier molecular flexibility index (Phi) is 7.55. The first-order valence-electron chi connectivity index (χ1n) is 11.7. The summed E-state index contributed by atoms with van der Waals surface area (Å²) < 4.78 is 39.2. The van der Waals surface area contributed by atoms with Crippen molar-refractivity contribution in [2.75, 3.05) is 38.4 Å². The van der Waals surface area contributed by atoms with E-state index in [0.29, 0.717) is 22.7 Å². The molecule has 0 fully saturated rings. The molecule has 2 heterocycles. The lowest BCUT2D eigenvalue weighted by molar-refractivity contribution is -0.137. The van der Waals surface area contributed by atoms with Crippen LogP contribution in [0.15, 0.2) is 53.6 Å². The van der Waals surface area contributed by atoms with Gasteiger partial charge in [0.25, 0.3) is 0 Å². The molecular formula is C26H30N4O6S. The molecule has 1 aliphatic rings. The van der Waals surface area contributed by atoms with Gasteiger partial charge in [0, 0.05) is 32.3 Å². The smallest absolute Gasteiger partial charge is 0.304 e. The average Bonchev–Trinajstić information content (AvgIpc) is 2.99. The second kappa shape index (κ2) is 10.7. The van der Waals surface area contributed by atoms with Gasteiger partial charge in [0.15, 0.2) is 0 Å². The van der Waals surface area contributed by atoms with Crippen molar-refractivity contribution in [2.24, 2.45) is 0 Å². The highest BCUT2D eigenvalue weighted by molar-refractivity contribution is 7.89. The number of hydrogen-bond acceptors (Lipinski definition) is 8. The maximum Gasteiger partial charge on any atom is 0.304 e. The number of nitrogens with one attached hydrogen (secondary N) is 1. The van der Waals surface area contributed by atoms with E-state index in [-0.39, 0.29) is 36.9 Å². The molecule has 0 saturated heterocycles. The minimum atomic E-state index is -3.85. The highest BCUT2D eigenvalue weighted by Crippen LogP contribution is 2.38. The zero-order valence-corrected chi connectivity index (χ0v) is 21.7. The van der Waals surface area contributed by atoms with Crippen LogP contribution in [0.4, 0.5) is 11.4 Å². The minimum absolute atomic E-state index is 0.0252. The van der Waals surface area contributed by atoms with E-state index in [1.165, 1.54) is 23.7 Å². The largest absolute Gasteiger partial charge is 0.494 e. The highest BCUT2D eigenvalue weighted by Gasteiger charge is 2.32. The van der Waals surface area contributed by atoms with Gasteiger partial charge < -0.3 is 25.6 Å². The first kappa shape index (κ1) is 26.2. The van der Waals surface area contributed by atoms with Crippen molar-refractivity contribution in [3.8, 4) is 11.6 Å². The van der Waals surface area contributed by atoms with E-state index >= 15 is 0 Å². The number of nitrogens with zero attached hydrogens (tertiary/aromatic N) is 2. The zero-order valence-electron chi connectivity index (χ0n) is 20.9. The fourth-order valence-electron chi connectivity index (χ4n) is 4.51. The second-order valence-electron chi connectivity index (χ2n) is 8.77. The second-order valence-corrected chi connectivity index (χ2v) is 10.7. The van der Waals surface area contributed by atoms with Crippen LogP contribution in [0.25, 0.3) is 0 Å². The summed E-state index contributed by atoms with van der Waals surface area (Å²) in [6, 6.07) is 12.2. The zero-order chi connectivity index (χ0) is 26.7. The van der Waals surface area contributed by atoms with Gasteiger partial charge in [-0.05, 0) is 53.4 Å². The lowest BCUT2D eigenvalue weighted by Crippen LogP contribution is -2.32. The molecule has 0 radical (unpaired) electrons. The Morgan fingerprint density at radius 1 is 1.27 bits per heavy atom. The van der Waals surface area contributed by atoms with Crippen LogP contribution >= 0.6 is 0 Å². The number of pyridine rings is 1. The molecule has 11 heteroatoms. The third-order valence-corrected chi connectivity index (χ3v) is 8.32. The molecule has 0 spiro atoms. The molecule has 2 aromatic carbocycles. The van der Waals surface area contributed by atoms with Crippen molar-refractivity contribution >= 4 is 27.4 Å². The molecule has 1 atom stereocenters. The number of hydrogen-bond donors (Lipinski definition) is 3. The summed E-state index contributed by atoms with van der Waals surface area (Å²) in [5, 5.41) is 12.7. The van der Waals surface area contributed by atoms with E-state index in [1.807, 2.05) is 25.1 Å². The van der Waals surface area contributed by atoms with E-state index in [2.05, 4.69) is 10.3 Å². The number of nitrogen functional groups attached to an aromatic ring is 1. The number of carbonyl (C=O) groups is 1. The number of rotatable bonds is 8. The summed E-state index contributed by atoms with van der Waals surface area (Å²) in [6.45, 7) is 2.31. The average molecular weight is 527 g/mol. The van der Waals surface area contributed by atoms with Crippen molar-refractivity contribution in [2.45, 2.75) is 30.7 Å². The van der Waals surface area contributed by atoms with Gasteiger partial charge in [0.1, 0.15) is 17.3 Å². The van der Waals surface area contributed by atoms with E-state index in [1.54, 1.807) is 25.2 Å². The van der Waals surface area contributed by atoms with E-state index in [0.717, 1.165) is 16.7 Å². The number of anilines is 2. The van der Waals surface area contributed by atoms with Crippen molar-refractivity contribution < 1.29 is 27.8 Å². The molecule has 0 saturated carbocycles. The number of aryl methyl sites for hydroxylation is 1. The number of nitrogens with two attached hydrogens (primary N) is 1. The number of methoxy groups -OCH3 is 1. The fraction of sp³-hybridized carbons (Fsp3) is 0.308. The normalized spacial score (nSPS) is 15.6. The van der Waals surface area contributed by atoms with Gasteiger partial charge in [-0.2, -0.15) is 4.31 Å². The molecule has 1 aliphatic heterocycles. The lowest BCUT2D eigenvalue weighted by atomic mass is 9.86. The van der Waals surface area contributed by atoms with Crippen LogP contribution in [-0.4, -0.2) is 56.1 Å². The molecule has 4 rings (SSSR count). The van der Waals surface area contributed by atoms with Crippen LogP contribution in [-0.2, 0) is 21.4 Å². The van der Waals surface area contributed by atoms with Gasteiger partial charge in [-0.25, -0.2) is 13.4 Å². The molecule has 0 bridgehead atoms. The summed E-state index contributed by atoms with van der Waals surface area (Å²) in [5.74, 6) is -0.914. The Hall–Kier alpha value is -3.83. The van der Waals surface area contributed by atoms with Gasteiger partial charge in [-0.15, -0.1) is 0 Å². The summed E-state index contributed by atoms with van der Waals surface area (Å²) in [6.07, 6.45) is 1.31. The molecular weight excluding hydrogens is 496 g/mol. The predicted octanol–water partition coefficient (Wildman–Crippen LogP) is 3.21. The number of aromatic nitrogens is 1. The van der Waals surface area contributed by atoms with Crippen molar-refractivity contribution in [3.63, 3.8) is 0 Å². The summed E-state index contributed by atoms with van der Waals surface area (Å²) >= 11 is 0. The van der Waals surface area contributed by atoms with E-state index < -0.39 is 21.9 Å². The third-order valence-electron chi connectivity index (χ3n) is 6.46. The van der Waals surface area contributed by atoms with Crippen LogP contribution in [0.2, 0.25) is 0 Å². The fourth-order valence-corrected chi connectivity index (χ4v) is 5.99. The Bertz CT molecular complexity index is 1430. The summed E-state index contributed by atoms with van der Waals surface area (Å²) in [7, 11) is -0.599. The summed E-state index contributed by atoms with van der Waals surface area (Å²) in [4.78, 5) is 15.9. The van der Waals surface area contributed by atoms with Gasteiger partial charge in [0.2, 0.25) is 15.9 Å². The monoisotopic (exact) mass is 526 g/mol. The van der Waals surface area contributed by atoms with Crippen molar-refractivity contribution in [3.05, 3.63) is 70.9 Å². The number of sulfonamides is 1. The number of aliphatic carboxylic acids is 1. The molecule has 10 nitrogen and oxygen atoms in total. The third kappa shape index (κ3) is 5.32. The first-order chi connectivity index (χ1) is 17.6. The number of ether oxygens (including phenoxy) is 2. The van der Waals surface area contributed by atoms with Crippen LogP contribution in [0.3, 0.4) is 0 Å². The summed E-state index contributed by atoms with van der Waals surface area (Å²) in [5.41, 5.74) is 10.3. The van der Waals surface area contributed by atoms with Crippen molar-refractivity contribution in [1.29, 1.82) is 0 Å². The Morgan fingerprint density at radius 2 is 2.05 bits per heavy atom. The predicted molar refractivity (Wildman–Crippen MR) is 140 cm³/mol. The molecule has 196 valence electrons. The van der Waals surface area contributed by atoms with Crippen molar-refractivity contribution in [1.82, 2.24) is 9.29 Å². The lowest BCUT2D eigenvalue weighted by Gasteiger charge is -2.23. The van der Waals surface area contributed by atoms with E-state index in [9.17, 15) is 18.3 Å². The van der Waals surface area contributed by atoms with Gasteiger partial charge >= 0.3 is 5.97 Å².